The van der Waals surface area contributed by atoms with Gasteiger partial charge in [-0.3, -0.25) is 29.3 Å². The number of hydrogen-bond donors (Lipinski definition) is 4. The van der Waals surface area contributed by atoms with Gasteiger partial charge in [0.1, 0.15) is 12.1 Å². The second-order valence-corrected chi connectivity index (χ2v) is 12.6. The Bertz CT molecular complexity index is 2060. The van der Waals surface area contributed by atoms with Gasteiger partial charge >= 0.3 is 5.97 Å². The van der Waals surface area contributed by atoms with Crippen LogP contribution in [0, 0.1) is 10.1 Å². The first-order valence-corrected chi connectivity index (χ1v) is 16.8. The number of ether oxygens (including phenoxy) is 1. The number of methoxy groups -OCH3 is 1. The van der Waals surface area contributed by atoms with Crippen LogP contribution in [0.2, 0.25) is 0 Å². The molecule has 0 spiro atoms. The quantitative estimate of drug-likeness (QED) is 0.0181. The number of Topliss-reactive ketones (excluding diaryl/α,β-unsaturated/α-hetero) is 1. The molecular formula is C33H34N8O10S. The van der Waals surface area contributed by atoms with Crippen molar-refractivity contribution in [2.45, 2.75) is 30.8 Å². The van der Waals surface area contributed by atoms with Crippen molar-refractivity contribution in [2.24, 2.45) is 5.11 Å². The van der Waals surface area contributed by atoms with E-state index in [1.807, 2.05) is 0 Å². The van der Waals surface area contributed by atoms with Crippen molar-refractivity contribution in [2.75, 3.05) is 26.7 Å². The number of carbonyl (C=O) groups is 5. The lowest BCUT2D eigenvalue weighted by molar-refractivity contribution is -0.387. The molecule has 52 heavy (non-hydrogen) atoms. The van der Waals surface area contributed by atoms with E-state index in [4.69, 9.17) is 5.53 Å². The van der Waals surface area contributed by atoms with Crippen LogP contribution in [0.1, 0.15) is 40.1 Å². The van der Waals surface area contributed by atoms with Crippen molar-refractivity contribution in [1.82, 2.24) is 20.7 Å². The maximum Gasteiger partial charge on any atom is 0.328 e. The highest BCUT2D eigenvalue weighted by Crippen LogP contribution is 2.27. The lowest BCUT2D eigenvalue weighted by atomic mass is 9.94. The summed E-state index contributed by atoms with van der Waals surface area (Å²) >= 11 is 0. The number of benzene rings is 3. The number of rotatable bonds is 17. The van der Waals surface area contributed by atoms with Crippen LogP contribution < -0.4 is 20.7 Å². The number of ketones is 1. The first-order chi connectivity index (χ1) is 24.7. The molecule has 0 saturated carbocycles. The molecule has 3 aromatic carbocycles. The van der Waals surface area contributed by atoms with Crippen LogP contribution in [0.15, 0.2) is 82.8 Å². The minimum atomic E-state index is -4.28. The van der Waals surface area contributed by atoms with E-state index < -0.39 is 67.8 Å². The van der Waals surface area contributed by atoms with Gasteiger partial charge in [-0.1, -0.05) is 41.5 Å². The van der Waals surface area contributed by atoms with Gasteiger partial charge in [-0.05, 0) is 66.4 Å². The standard InChI is InChI=1S/C33H34N8O10S/c1-20(33(46)51-3)38-32(45)27(19-36-40-34)39-30(43)14-11-22-7-6-8-24(17-22)26-18-23(21(2)42)12-13-25(26)31(44)35-15-16-37-52(49,50)29-10-5-4-9-28(29)41(47)48/h4-14,17-18,20,27,37H,15-16,19H2,1-3H3,(H,35,44)(H,38,45)(H,39,43)/b14-11+/t20-,27-/m0/s1. The fourth-order valence-corrected chi connectivity index (χ4v) is 5.84. The Morgan fingerprint density at radius 2 is 1.75 bits per heavy atom. The summed E-state index contributed by atoms with van der Waals surface area (Å²) in [7, 11) is -3.14. The summed E-state index contributed by atoms with van der Waals surface area (Å²) in [6, 6.07) is 13.5. The summed E-state index contributed by atoms with van der Waals surface area (Å²) in [6.07, 6.45) is 2.53. The van der Waals surface area contributed by atoms with E-state index >= 15 is 0 Å². The predicted octanol–water partition coefficient (Wildman–Crippen LogP) is 2.66. The zero-order valence-electron chi connectivity index (χ0n) is 28.1. The maximum atomic E-state index is 13.3. The van der Waals surface area contributed by atoms with Crippen molar-refractivity contribution >= 4 is 51.3 Å². The lowest BCUT2D eigenvalue weighted by Gasteiger charge is -2.18. The van der Waals surface area contributed by atoms with Gasteiger partial charge in [-0.25, -0.2) is 17.9 Å². The molecule has 0 aliphatic rings. The fraction of sp³-hybridized carbons (Fsp3) is 0.242. The van der Waals surface area contributed by atoms with Crippen LogP contribution in [0.25, 0.3) is 27.6 Å². The van der Waals surface area contributed by atoms with E-state index in [9.17, 15) is 42.5 Å². The van der Waals surface area contributed by atoms with E-state index in [2.05, 4.69) is 35.4 Å². The highest BCUT2D eigenvalue weighted by molar-refractivity contribution is 7.89. The number of nitrogens with one attached hydrogen (secondary N) is 4. The molecule has 0 bridgehead atoms. The summed E-state index contributed by atoms with van der Waals surface area (Å²) in [5.74, 6) is -3.13. The van der Waals surface area contributed by atoms with Gasteiger partial charge < -0.3 is 20.7 Å². The molecule has 19 heteroatoms. The van der Waals surface area contributed by atoms with E-state index in [-0.39, 0.29) is 24.4 Å². The van der Waals surface area contributed by atoms with Crippen LogP contribution in [-0.2, 0) is 29.1 Å². The third-order valence-corrected chi connectivity index (χ3v) is 8.73. The average Bonchev–Trinajstić information content (AvgIpc) is 3.13. The zero-order valence-corrected chi connectivity index (χ0v) is 28.9. The Balaban J connectivity index is 1.77. The Morgan fingerprint density at radius 3 is 2.42 bits per heavy atom. The summed E-state index contributed by atoms with van der Waals surface area (Å²) in [6.45, 7) is 1.80. The van der Waals surface area contributed by atoms with Gasteiger partial charge in [0.15, 0.2) is 10.7 Å². The van der Waals surface area contributed by atoms with Crippen LogP contribution in [0.5, 0.6) is 0 Å². The van der Waals surface area contributed by atoms with Crippen molar-refractivity contribution in [3.63, 3.8) is 0 Å². The fourth-order valence-electron chi connectivity index (χ4n) is 4.63. The molecule has 3 aromatic rings. The third-order valence-electron chi connectivity index (χ3n) is 7.22. The monoisotopic (exact) mass is 734 g/mol. The molecule has 0 heterocycles. The minimum Gasteiger partial charge on any atom is -0.467 e. The Kier molecular flexibility index (Phi) is 14.3. The highest BCUT2D eigenvalue weighted by Gasteiger charge is 2.25. The number of nitrogens with zero attached hydrogens (tertiary/aromatic N) is 4. The largest absolute Gasteiger partial charge is 0.467 e. The van der Waals surface area contributed by atoms with Crippen molar-refractivity contribution < 1.29 is 42.1 Å². The number of sulfonamides is 1. The first kappa shape index (κ1) is 40.0. The van der Waals surface area contributed by atoms with Crippen molar-refractivity contribution in [1.29, 1.82) is 0 Å². The first-order valence-electron chi connectivity index (χ1n) is 15.3. The summed E-state index contributed by atoms with van der Waals surface area (Å²) in [5.41, 5.74) is 9.83. The van der Waals surface area contributed by atoms with Gasteiger partial charge in [-0.2, -0.15) is 0 Å². The molecule has 0 unspecified atom stereocenters. The number of hydrogen-bond acceptors (Lipinski definition) is 11. The molecule has 0 radical (unpaired) electrons. The van der Waals surface area contributed by atoms with Gasteiger partial charge in [-0.15, -0.1) is 0 Å². The number of carbonyl (C=O) groups excluding carboxylic acids is 5. The predicted molar refractivity (Wildman–Crippen MR) is 187 cm³/mol. The number of amides is 3. The summed E-state index contributed by atoms with van der Waals surface area (Å²) in [5, 5.41) is 22.0. The molecule has 0 aliphatic heterocycles. The van der Waals surface area contributed by atoms with Gasteiger partial charge in [0.05, 0.1) is 18.6 Å². The van der Waals surface area contributed by atoms with Crippen molar-refractivity contribution in [3.8, 4) is 11.1 Å². The van der Waals surface area contributed by atoms with E-state index in [1.165, 1.54) is 50.3 Å². The molecule has 2 atom stereocenters. The second kappa shape index (κ2) is 18.5. The molecule has 0 saturated heterocycles. The van der Waals surface area contributed by atoms with Gasteiger partial charge in [0.2, 0.25) is 21.8 Å². The SMILES string of the molecule is COC(=O)[C@H](C)NC(=O)[C@H](CN=[N+]=[N-])NC(=O)/C=C/c1cccc(-c2cc(C(C)=O)ccc2C(=O)NCCNS(=O)(=O)c2ccccc2[N+](=O)[O-])c1. The highest BCUT2D eigenvalue weighted by atomic mass is 32.2. The lowest BCUT2D eigenvalue weighted by Crippen LogP contribution is -2.52. The Labute approximate surface area is 297 Å². The Morgan fingerprint density at radius 1 is 1.02 bits per heavy atom. The normalized spacial score (nSPS) is 12.1. The number of nitro groups is 1. The maximum absolute atomic E-state index is 13.3. The average molecular weight is 735 g/mol. The number of azide groups is 1. The summed E-state index contributed by atoms with van der Waals surface area (Å²) < 4.78 is 32.2. The summed E-state index contributed by atoms with van der Waals surface area (Å²) in [4.78, 5) is 75.1. The van der Waals surface area contributed by atoms with Crippen LogP contribution in [-0.4, -0.2) is 81.6 Å². The molecule has 272 valence electrons. The molecule has 0 aliphatic carbocycles. The molecule has 0 fully saturated rings. The van der Waals surface area contributed by atoms with E-state index in [0.29, 0.717) is 22.3 Å². The van der Waals surface area contributed by atoms with Crippen molar-refractivity contribution in [3.05, 3.63) is 110 Å². The van der Waals surface area contributed by atoms with Gasteiger partial charge in [0.25, 0.3) is 11.6 Å². The van der Waals surface area contributed by atoms with E-state index in [1.54, 1.807) is 24.3 Å². The minimum absolute atomic E-state index is 0.138. The van der Waals surface area contributed by atoms with E-state index in [0.717, 1.165) is 25.3 Å². The molecule has 4 N–H and O–H groups in total. The smallest absolute Gasteiger partial charge is 0.328 e. The number of esters is 1. The molecule has 3 amide bonds. The molecule has 18 nitrogen and oxygen atoms in total. The number of nitro benzene ring substituents is 1. The van der Waals surface area contributed by atoms with Gasteiger partial charge in [0, 0.05) is 41.3 Å². The number of para-hydroxylation sites is 1. The van der Waals surface area contributed by atoms with Crippen LogP contribution in [0.4, 0.5) is 5.69 Å². The van der Waals surface area contributed by atoms with Crippen LogP contribution in [0.3, 0.4) is 0 Å². The van der Waals surface area contributed by atoms with Crippen LogP contribution >= 0.6 is 0 Å². The molecular weight excluding hydrogens is 700 g/mol. The topological polar surface area (TPSA) is 269 Å². The molecule has 3 rings (SSSR count). The second-order valence-electron chi connectivity index (χ2n) is 10.9. The zero-order chi connectivity index (χ0) is 38.4. The molecule has 0 aromatic heterocycles. The Hall–Kier alpha value is -6.43. The third kappa shape index (κ3) is 11.0.